The van der Waals surface area contributed by atoms with E-state index in [0.717, 1.165) is 5.56 Å². The molecule has 0 aliphatic rings. The molecule has 0 bridgehead atoms. The highest BCUT2D eigenvalue weighted by Gasteiger charge is 2.25. The van der Waals surface area contributed by atoms with Crippen LogP contribution in [0, 0.1) is 0 Å². The Hall–Kier alpha value is -1.39. The molecule has 0 aromatic heterocycles. The van der Waals surface area contributed by atoms with E-state index in [1.165, 1.54) is 0 Å². The standard InChI is InChI=1S/C12H19N3O/c1-9(2)15(3)11(12(16)14-13)10-7-5-4-6-8-10/h4-9,11H,13H2,1-3H3,(H,14,16). The maximum Gasteiger partial charge on any atom is 0.255 e. The number of rotatable bonds is 4. The molecule has 1 aromatic rings. The molecule has 1 amide bonds. The summed E-state index contributed by atoms with van der Waals surface area (Å²) >= 11 is 0. The van der Waals surface area contributed by atoms with E-state index in [0.29, 0.717) is 0 Å². The van der Waals surface area contributed by atoms with E-state index < -0.39 is 0 Å². The predicted octanol–water partition coefficient (Wildman–Crippen LogP) is 1.06. The molecule has 0 saturated heterocycles. The first-order valence-corrected chi connectivity index (χ1v) is 5.35. The number of nitrogens with two attached hydrogens (primary N) is 1. The average Bonchev–Trinajstić information content (AvgIpc) is 2.30. The lowest BCUT2D eigenvalue weighted by Crippen LogP contribution is -2.44. The first-order chi connectivity index (χ1) is 7.57. The van der Waals surface area contributed by atoms with Gasteiger partial charge in [-0.1, -0.05) is 30.3 Å². The zero-order valence-electron chi connectivity index (χ0n) is 9.97. The van der Waals surface area contributed by atoms with Crippen molar-refractivity contribution in [1.29, 1.82) is 0 Å². The molecule has 0 aliphatic carbocycles. The average molecular weight is 221 g/mol. The summed E-state index contributed by atoms with van der Waals surface area (Å²) in [5.74, 6) is 5.03. The fourth-order valence-corrected chi connectivity index (χ4v) is 1.58. The van der Waals surface area contributed by atoms with Gasteiger partial charge in [-0.25, -0.2) is 5.84 Å². The monoisotopic (exact) mass is 221 g/mol. The van der Waals surface area contributed by atoms with Crippen LogP contribution >= 0.6 is 0 Å². The molecular formula is C12H19N3O. The van der Waals surface area contributed by atoms with Crippen LogP contribution in [0.4, 0.5) is 0 Å². The molecule has 4 nitrogen and oxygen atoms in total. The van der Waals surface area contributed by atoms with Crippen LogP contribution in [0.15, 0.2) is 30.3 Å². The highest BCUT2D eigenvalue weighted by molar-refractivity contribution is 5.82. The Bertz CT molecular complexity index is 337. The summed E-state index contributed by atoms with van der Waals surface area (Å²) < 4.78 is 0. The molecule has 0 spiro atoms. The SMILES string of the molecule is CC(C)N(C)C(C(=O)NN)c1ccccc1. The molecule has 0 fully saturated rings. The third-order valence-electron chi connectivity index (χ3n) is 2.73. The van der Waals surface area contributed by atoms with Crippen LogP contribution in [0.2, 0.25) is 0 Å². The Morgan fingerprint density at radius 3 is 2.31 bits per heavy atom. The van der Waals surface area contributed by atoms with Crippen molar-refractivity contribution in [1.82, 2.24) is 10.3 Å². The molecule has 0 aliphatic heterocycles. The number of hydrazine groups is 1. The van der Waals surface area contributed by atoms with Crippen LogP contribution in [0.3, 0.4) is 0 Å². The van der Waals surface area contributed by atoms with Crippen LogP contribution < -0.4 is 11.3 Å². The fraction of sp³-hybridized carbons (Fsp3) is 0.417. The van der Waals surface area contributed by atoms with Crippen LogP contribution in [0.1, 0.15) is 25.5 Å². The minimum atomic E-state index is -0.341. The molecule has 4 heteroatoms. The summed E-state index contributed by atoms with van der Waals surface area (Å²) in [5, 5.41) is 0. The number of hydrogen-bond donors (Lipinski definition) is 2. The van der Waals surface area contributed by atoms with Crippen molar-refractivity contribution < 1.29 is 4.79 Å². The van der Waals surface area contributed by atoms with E-state index in [1.54, 1.807) is 0 Å². The number of nitrogens with one attached hydrogen (secondary N) is 1. The third-order valence-corrected chi connectivity index (χ3v) is 2.73. The Morgan fingerprint density at radius 1 is 1.31 bits per heavy atom. The van der Waals surface area contributed by atoms with Crippen molar-refractivity contribution in [3.05, 3.63) is 35.9 Å². The first kappa shape index (κ1) is 12.7. The summed E-state index contributed by atoms with van der Waals surface area (Å²) in [6.07, 6.45) is 0. The largest absolute Gasteiger partial charge is 0.293 e. The molecule has 0 radical (unpaired) electrons. The van der Waals surface area contributed by atoms with Gasteiger partial charge in [0.05, 0.1) is 0 Å². The molecule has 16 heavy (non-hydrogen) atoms. The Balaban J connectivity index is 3.01. The van der Waals surface area contributed by atoms with Crippen molar-refractivity contribution in [2.24, 2.45) is 5.84 Å². The normalized spacial score (nSPS) is 12.9. The van der Waals surface area contributed by atoms with Crippen LogP contribution in [-0.2, 0) is 4.79 Å². The minimum Gasteiger partial charge on any atom is -0.293 e. The molecule has 0 saturated carbocycles. The molecule has 1 unspecified atom stereocenters. The van der Waals surface area contributed by atoms with Gasteiger partial charge in [0.15, 0.2) is 0 Å². The second-order valence-corrected chi connectivity index (χ2v) is 4.08. The zero-order valence-corrected chi connectivity index (χ0v) is 9.97. The second-order valence-electron chi connectivity index (χ2n) is 4.08. The minimum absolute atomic E-state index is 0.192. The van der Waals surface area contributed by atoms with E-state index in [-0.39, 0.29) is 18.0 Å². The number of nitrogens with zero attached hydrogens (tertiary/aromatic N) is 1. The smallest absolute Gasteiger partial charge is 0.255 e. The molecular weight excluding hydrogens is 202 g/mol. The molecule has 1 rings (SSSR count). The number of hydrogen-bond acceptors (Lipinski definition) is 3. The van der Waals surface area contributed by atoms with Crippen molar-refractivity contribution >= 4 is 5.91 Å². The van der Waals surface area contributed by atoms with Gasteiger partial charge in [0.1, 0.15) is 6.04 Å². The summed E-state index contributed by atoms with van der Waals surface area (Å²) in [6.45, 7) is 4.08. The van der Waals surface area contributed by atoms with Gasteiger partial charge in [-0.3, -0.25) is 15.1 Å². The third kappa shape index (κ3) is 2.81. The number of benzene rings is 1. The number of amides is 1. The number of carbonyl (C=O) groups is 1. The van der Waals surface area contributed by atoms with Gasteiger partial charge in [0, 0.05) is 6.04 Å². The topological polar surface area (TPSA) is 58.4 Å². The maximum atomic E-state index is 11.8. The fourth-order valence-electron chi connectivity index (χ4n) is 1.58. The summed E-state index contributed by atoms with van der Waals surface area (Å²) in [4.78, 5) is 13.8. The number of likely N-dealkylation sites (N-methyl/N-ethyl adjacent to an activating group) is 1. The van der Waals surface area contributed by atoms with Crippen molar-refractivity contribution in [2.75, 3.05) is 7.05 Å². The Labute approximate surface area is 96.4 Å². The predicted molar refractivity (Wildman–Crippen MR) is 64.4 cm³/mol. The van der Waals surface area contributed by atoms with Crippen LogP contribution in [0.25, 0.3) is 0 Å². The van der Waals surface area contributed by atoms with Gasteiger partial charge in [0.25, 0.3) is 5.91 Å². The van der Waals surface area contributed by atoms with Gasteiger partial charge in [-0.15, -0.1) is 0 Å². The second kappa shape index (κ2) is 5.63. The quantitative estimate of drug-likeness (QED) is 0.454. The van der Waals surface area contributed by atoms with Crippen LogP contribution in [0.5, 0.6) is 0 Å². The van der Waals surface area contributed by atoms with E-state index in [9.17, 15) is 4.79 Å². The van der Waals surface area contributed by atoms with Gasteiger partial charge in [0.2, 0.25) is 0 Å². The van der Waals surface area contributed by atoms with Crippen LogP contribution in [-0.4, -0.2) is 23.9 Å². The summed E-state index contributed by atoms with van der Waals surface area (Å²) in [5.41, 5.74) is 3.16. The molecule has 0 heterocycles. The van der Waals surface area contributed by atoms with Gasteiger partial charge < -0.3 is 0 Å². The van der Waals surface area contributed by atoms with Crippen molar-refractivity contribution in [2.45, 2.75) is 25.9 Å². The number of carbonyl (C=O) groups excluding carboxylic acids is 1. The van der Waals surface area contributed by atoms with E-state index >= 15 is 0 Å². The van der Waals surface area contributed by atoms with Crippen molar-refractivity contribution in [3.8, 4) is 0 Å². The van der Waals surface area contributed by atoms with E-state index in [4.69, 9.17) is 5.84 Å². The lowest BCUT2D eigenvalue weighted by Gasteiger charge is -2.30. The lowest BCUT2D eigenvalue weighted by molar-refractivity contribution is -0.126. The summed E-state index contributed by atoms with van der Waals surface area (Å²) in [6, 6.07) is 9.54. The first-order valence-electron chi connectivity index (χ1n) is 5.35. The van der Waals surface area contributed by atoms with E-state index in [2.05, 4.69) is 5.43 Å². The highest BCUT2D eigenvalue weighted by atomic mass is 16.2. The molecule has 3 N–H and O–H groups in total. The van der Waals surface area contributed by atoms with Gasteiger partial charge in [-0.05, 0) is 26.5 Å². The Morgan fingerprint density at radius 2 is 1.88 bits per heavy atom. The maximum absolute atomic E-state index is 11.8. The zero-order chi connectivity index (χ0) is 12.1. The summed E-state index contributed by atoms with van der Waals surface area (Å²) in [7, 11) is 1.91. The lowest BCUT2D eigenvalue weighted by atomic mass is 10.0. The van der Waals surface area contributed by atoms with E-state index in [1.807, 2.05) is 56.1 Å². The van der Waals surface area contributed by atoms with Gasteiger partial charge >= 0.3 is 0 Å². The Kier molecular flexibility index (Phi) is 4.46. The highest BCUT2D eigenvalue weighted by Crippen LogP contribution is 2.21. The van der Waals surface area contributed by atoms with Crippen molar-refractivity contribution in [3.63, 3.8) is 0 Å². The van der Waals surface area contributed by atoms with Gasteiger partial charge in [-0.2, -0.15) is 0 Å². The molecule has 88 valence electrons. The molecule has 1 atom stereocenters. The molecule has 1 aromatic carbocycles.